The molecule has 1 saturated heterocycles. The lowest BCUT2D eigenvalue weighted by atomic mass is 9.82. The summed E-state index contributed by atoms with van der Waals surface area (Å²) in [5.41, 5.74) is 2.04. The van der Waals surface area contributed by atoms with Crippen molar-refractivity contribution < 1.29 is 33.9 Å². The third-order valence-electron chi connectivity index (χ3n) is 7.99. The highest BCUT2D eigenvalue weighted by Crippen LogP contribution is 2.29. The molecule has 1 heterocycles. The van der Waals surface area contributed by atoms with Gasteiger partial charge >= 0.3 is 12.1 Å². The number of ether oxygens (including phenoxy) is 2. The lowest BCUT2D eigenvalue weighted by molar-refractivity contribution is -0.151. The number of nitrogens with zero attached hydrogens (tertiary/aromatic N) is 2. The smallest absolute Gasteiger partial charge is 0.413 e. The fraction of sp³-hybridized carbons (Fsp3) is 0.469. The maximum Gasteiger partial charge on any atom is 0.413 e. The molecule has 2 aromatic carbocycles. The average Bonchev–Trinajstić information content (AvgIpc) is 3.02. The van der Waals surface area contributed by atoms with Crippen LogP contribution in [-0.4, -0.2) is 71.6 Å². The number of benzene rings is 2. The number of amides is 3. The SMILES string of the molecule is CCOC(=O)CN[C@H](C(=O)N1CC[C@@H]1C(=O)NCc1ccc(C(=NO)NC(=O)OCc2ccccc2)cc1)C1CCCCC1. The van der Waals surface area contributed by atoms with Gasteiger partial charge in [-0.05, 0) is 43.2 Å². The van der Waals surface area contributed by atoms with E-state index >= 15 is 0 Å². The first kappa shape index (κ1) is 32.5. The predicted octanol–water partition coefficient (Wildman–Crippen LogP) is 3.07. The highest BCUT2D eigenvalue weighted by molar-refractivity contribution is 6.06. The van der Waals surface area contributed by atoms with Crippen LogP contribution in [0.25, 0.3) is 0 Å². The summed E-state index contributed by atoms with van der Waals surface area (Å²) in [6.07, 6.45) is 4.82. The van der Waals surface area contributed by atoms with Crippen molar-refractivity contribution in [2.75, 3.05) is 19.7 Å². The molecule has 2 fully saturated rings. The quantitative estimate of drug-likeness (QED) is 0.0942. The molecular formula is C32H41N5O7. The van der Waals surface area contributed by atoms with Crippen molar-refractivity contribution in [3.8, 4) is 0 Å². The number of esters is 1. The van der Waals surface area contributed by atoms with E-state index in [4.69, 9.17) is 9.47 Å². The third-order valence-corrected chi connectivity index (χ3v) is 7.99. The van der Waals surface area contributed by atoms with E-state index in [1.807, 2.05) is 30.3 Å². The van der Waals surface area contributed by atoms with Gasteiger partial charge in [0.1, 0.15) is 12.6 Å². The molecule has 0 bridgehead atoms. The summed E-state index contributed by atoms with van der Waals surface area (Å²) in [5, 5.41) is 21.1. The molecule has 1 aliphatic carbocycles. The summed E-state index contributed by atoms with van der Waals surface area (Å²) in [6.45, 7) is 2.75. The third kappa shape index (κ3) is 9.03. The zero-order valence-electron chi connectivity index (χ0n) is 25.0. The number of alkyl carbamates (subject to hydrolysis) is 1. The summed E-state index contributed by atoms with van der Waals surface area (Å²) in [6, 6.07) is 14.9. The van der Waals surface area contributed by atoms with Gasteiger partial charge in [0.25, 0.3) is 0 Å². The zero-order chi connectivity index (χ0) is 31.3. The Morgan fingerprint density at radius 1 is 0.955 bits per heavy atom. The predicted molar refractivity (Wildman–Crippen MR) is 161 cm³/mol. The maximum atomic E-state index is 13.6. The highest BCUT2D eigenvalue weighted by atomic mass is 16.5. The second-order valence-electron chi connectivity index (χ2n) is 10.9. The first-order valence-electron chi connectivity index (χ1n) is 15.2. The van der Waals surface area contributed by atoms with Gasteiger partial charge in [-0.25, -0.2) is 4.79 Å². The molecule has 4 rings (SSSR count). The largest absolute Gasteiger partial charge is 0.465 e. The molecule has 0 aromatic heterocycles. The molecule has 2 atom stereocenters. The number of carbonyl (C=O) groups is 4. The Bertz CT molecular complexity index is 1300. The van der Waals surface area contributed by atoms with Gasteiger partial charge in [0.15, 0.2) is 5.84 Å². The molecular weight excluding hydrogens is 566 g/mol. The number of hydrogen-bond donors (Lipinski definition) is 4. The van der Waals surface area contributed by atoms with E-state index in [1.54, 1.807) is 36.1 Å². The summed E-state index contributed by atoms with van der Waals surface area (Å²) in [5.74, 6) is -0.766. The molecule has 0 unspecified atom stereocenters. The summed E-state index contributed by atoms with van der Waals surface area (Å²) >= 11 is 0. The van der Waals surface area contributed by atoms with Crippen LogP contribution in [0.1, 0.15) is 62.1 Å². The van der Waals surface area contributed by atoms with Crippen LogP contribution < -0.4 is 16.0 Å². The number of likely N-dealkylation sites (tertiary alicyclic amines) is 1. The molecule has 12 heteroatoms. The standard InChI is InChI=1S/C32H41N5O7/c1-2-43-27(38)20-33-28(24-11-7-4-8-12-24)31(40)37-18-17-26(37)30(39)34-19-22-13-15-25(16-14-22)29(36-42)35-32(41)44-21-23-9-5-3-6-10-23/h3,5-6,9-10,13-16,24,26,28,33,42H,2,4,7-8,11-12,17-21H2,1H3,(H,34,39)(H,35,36,41)/t26-,28+/m1/s1. The second-order valence-corrected chi connectivity index (χ2v) is 10.9. The first-order valence-corrected chi connectivity index (χ1v) is 15.2. The topological polar surface area (TPSA) is 159 Å². The number of nitrogens with one attached hydrogen (secondary N) is 3. The van der Waals surface area contributed by atoms with Crippen LogP contribution in [0.2, 0.25) is 0 Å². The fourth-order valence-corrected chi connectivity index (χ4v) is 5.53. The van der Waals surface area contributed by atoms with Crippen LogP contribution in [0.15, 0.2) is 59.8 Å². The van der Waals surface area contributed by atoms with Crippen LogP contribution in [0, 0.1) is 5.92 Å². The van der Waals surface area contributed by atoms with Gasteiger partial charge in [0, 0.05) is 18.7 Å². The van der Waals surface area contributed by atoms with E-state index in [-0.39, 0.29) is 49.9 Å². The van der Waals surface area contributed by atoms with Gasteiger partial charge in [-0.1, -0.05) is 79.0 Å². The van der Waals surface area contributed by atoms with Crippen molar-refractivity contribution in [1.82, 2.24) is 20.9 Å². The van der Waals surface area contributed by atoms with Gasteiger partial charge in [-0.15, -0.1) is 0 Å². The molecule has 0 radical (unpaired) electrons. The first-order chi connectivity index (χ1) is 21.4. The Labute approximate surface area is 257 Å². The zero-order valence-corrected chi connectivity index (χ0v) is 25.0. The fourth-order valence-electron chi connectivity index (χ4n) is 5.53. The van der Waals surface area contributed by atoms with Crippen LogP contribution in [0.5, 0.6) is 0 Å². The van der Waals surface area contributed by atoms with Crippen molar-refractivity contribution in [2.24, 2.45) is 11.1 Å². The van der Waals surface area contributed by atoms with Crippen LogP contribution in [-0.2, 0) is 37.0 Å². The van der Waals surface area contributed by atoms with Gasteiger partial charge in [0.2, 0.25) is 11.8 Å². The minimum atomic E-state index is -0.764. The second kappa shape index (κ2) is 16.4. The maximum absolute atomic E-state index is 13.6. The van der Waals surface area contributed by atoms with E-state index in [0.29, 0.717) is 18.5 Å². The lowest BCUT2D eigenvalue weighted by Crippen LogP contribution is -2.63. The Balaban J connectivity index is 1.27. The minimum absolute atomic E-state index is 0.0471. The summed E-state index contributed by atoms with van der Waals surface area (Å²) in [7, 11) is 0. The van der Waals surface area contributed by atoms with Gasteiger partial charge in [-0.2, -0.15) is 0 Å². The molecule has 1 aliphatic heterocycles. The summed E-state index contributed by atoms with van der Waals surface area (Å²) < 4.78 is 10.2. The lowest BCUT2D eigenvalue weighted by Gasteiger charge is -2.43. The van der Waals surface area contributed by atoms with Gasteiger partial charge < -0.3 is 24.9 Å². The minimum Gasteiger partial charge on any atom is -0.465 e. The number of amidine groups is 1. The van der Waals surface area contributed by atoms with Crippen LogP contribution in [0.3, 0.4) is 0 Å². The van der Waals surface area contributed by atoms with E-state index < -0.39 is 24.1 Å². The summed E-state index contributed by atoms with van der Waals surface area (Å²) in [4.78, 5) is 52.4. The van der Waals surface area contributed by atoms with Crippen molar-refractivity contribution in [3.63, 3.8) is 0 Å². The number of carbonyl (C=O) groups excluding carboxylic acids is 4. The molecule has 1 saturated carbocycles. The van der Waals surface area contributed by atoms with E-state index in [0.717, 1.165) is 43.2 Å². The Kier molecular flexibility index (Phi) is 12.1. The van der Waals surface area contributed by atoms with Crippen molar-refractivity contribution in [3.05, 3.63) is 71.3 Å². The Morgan fingerprint density at radius 2 is 1.68 bits per heavy atom. The van der Waals surface area contributed by atoms with E-state index in [2.05, 4.69) is 21.1 Å². The number of rotatable bonds is 12. The molecule has 236 valence electrons. The van der Waals surface area contributed by atoms with Crippen molar-refractivity contribution in [1.29, 1.82) is 0 Å². The molecule has 12 nitrogen and oxygen atoms in total. The Hall–Kier alpha value is -4.45. The highest BCUT2D eigenvalue weighted by Gasteiger charge is 2.42. The monoisotopic (exact) mass is 607 g/mol. The van der Waals surface area contributed by atoms with Crippen LogP contribution >= 0.6 is 0 Å². The van der Waals surface area contributed by atoms with Gasteiger partial charge in [-0.3, -0.25) is 25.0 Å². The van der Waals surface area contributed by atoms with Gasteiger partial charge in [0.05, 0.1) is 19.2 Å². The van der Waals surface area contributed by atoms with E-state index in [9.17, 15) is 24.4 Å². The number of hydrogen-bond acceptors (Lipinski definition) is 9. The molecule has 0 spiro atoms. The average molecular weight is 608 g/mol. The molecule has 2 aromatic rings. The van der Waals surface area contributed by atoms with Crippen LogP contribution in [0.4, 0.5) is 4.79 Å². The van der Waals surface area contributed by atoms with Crippen molar-refractivity contribution >= 4 is 29.7 Å². The van der Waals surface area contributed by atoms with E-state index in [1.165, 1.54) is 0 Å². The molecule has 4 N–H and O–H groups in total. The van der Waals surface area contributed by atoms with Crippen molar-refractivity contribution in [2.45, 2.75) is 70.7 Å². The number of oxime groups is 1. The molecule has 44 heavy (non-hydrogen) atoms. The Morgan fingerprint density at radius 3 is 2.32 bits per heavy atom. The molecule has 2 aliphatic rings. The normalized spacial score (nSPS) is 17.6. The molecule has 3 amide bonds.